The van der Waals surface area contributed by atoms with Gasteiger partial charge in [0.15, 0.2) is 17.5 Å². The van der Waals surface area contributed by atoms with Gasteiger partial charge in [0.1, 0.15) is 23.5 Å². The van der Waals surface area contributed by atoms with Crippen molar-refractivity contribution in [3.63, 3.8) is 0 Å². The Hall–Kier alpha value is -3.66. The van der Waals surface area contributed by atoms with Gasteiger partial charge >= 0.3 is 0 Å². The first-order chi connectivity index (χ1) is 15.6. The Morgan fingerprint density at radius 3 is 2.62 bits per heavy atom. The molecular weight excluding hydrogens is 418 g/mol. The molecule has 4 heterocycles. The molecule has 0 radical (unpaired) electrons. The SMILES string of the molecule is OC1CCN(c2nc(-c3cc(-c4ccon4)n(Cc4ccccc4F)n3)ncc2F)CC1. The van der Waals surface area contributed by atoms with Gasteiger partial charge in [0, 0.05) is 24.7 Å². The molecule has 1 aromatic carbocycles. The number of halogens is 2. The highest BCUT2D eigenvalue weighted by molar-refractivity contribution is 5.63. The van der Waals surface area contributed by atoms with Crippen molar-refractivity contribution in [2.24, 2.45) is 0 Å². The highest BCUT2D eigenvalue weighted by Crippen LogP contribution is 2.27. The van der Waals surface area contributed by atoms with E-state index in [1.165, 1.54) is 12.3 Å². The zero-order valence-corrected chi connectivity index (χ0v) is 17.0. The van der Waals surface area contributed by atoms with E-state index in [9.17, 15) is 13.9 Å². The molecule has 5 rings (SSSR count). The topological polar surface area (TPSA) is 93.1 Å². The molecule has 1 aliphatic rings. The summed E-state index contributed by atoms with van der Waals surface area (Å²) >= 11 is 0. The molecule has 3 aromatic heterocycles. The van der Waals surface area contributed by atoms with E-state index >= 15 is 0 Å². The maximum atomic E-state index is 14.5. The van der Waals surface area contributed by atoms with Crippen LogP contribution in [0.1, 0.15) is 18.4 Å². The predicted octanol–water partition coefficient (Wildman–Crippen LogP) is 3.28. The molecule has 4 aromatic rings. The molecular formula is C22H20F2N6O2. The molecule has 1 saturated heterocycles. The predicted molar refractivity (Wildman–Crippen MR) is 112 cm³/mol. The van der Waals surface area contributed by atoms with Crippen LogP contribution >= 0.6 is 0 Å². The highest BCUT2D eigenvalue weighted by atomic mass is 19.1. The van der Waals surface area contributed by atoms with Gasteiger partial charge in [0.25, 0.3) is 0 Å². The van der Waals surface area contributed by atoms with Crippen LogP contribution in [0, 0.1) is 11.6 Å². The molecule has 0 bridgehead atoms. The van der Waals surface area contributed by atoms with E-state index in [1.54, 1.807) is 39.9 Å². The number of aliphatic hydroxyl groups is 1. The summed E-state index contributed by atoms with van der Waals surface area (Å²) in [7, 11) is 0. The lowest BCUT2D eigenvalue weighted by Crippen LogP contribution is -2.37. The van der Waals surface area contributed by atoms with Crippen LogP contribution in [-0.4, -0.2) is 49.2 Å². The van der Waals surface area contributed by atoms with Crippen molar-refractivity contribution in [2.45, 2.75) is 25.5 Å². The average molecular weight is 438 g/mol. The van der Waals surface area contributed by atoms with Crippen LogP contribution in [0.4, 0.5) is 14.6 Å². The second-order valence-electron chi connectivity index (χ2n) is 7.63. The molecule has 0 unspecified atom stereocenters. The van der Waals surface area contributed by atoms with Crippen molar-refractivity contribution >= 4 is 5.82 Å². The Labute approximate surface area is 182 Å². The summed E-state index contributed by atoms with van der Waals surface area (Å²) in [5, 5.41) is 18.3. The third kappa shape index (κ3) is 3.96. The van der Waals surface area contributed by atoms with Crippen molar-refractivity contribution in [1.29, 1.82) is 0 Å². The molecule has 0 atom stereocenters. The first-order valence-electron chi connectivity index (χ1n) is 10.3. The molecule has 0 amide bonds. The van der Waals surface area contributed by atoms with Gasteiger partial charge in [-0.05, 0) is 25.0 Å². The smallest absolute Gasteiger partial charge is 0.183 e. The van der Waals surface area contributed by atoms with Crippen molar-refractivity contribution in [3.05, 3.63) is 66.1 Å². The normalized spacial score (nSPS) is 14.8. The highest BCUT2D eigenvalue weighted by Gasteiger charge is 2.23. The molecule has 32 heavy (non-hydrogen) atoms. The van der Waals surface area contributed by atoms with Gasteiger partial charge < -0.3 is 14.5 Å². The van der Waals surface area contributed by atoms with Gasteiger partial charge in [-0.1, -0.05) is 23.4 Å². The quantitative estimate of drug-likeness (QED) is 0.511. The molecule has 1 fully saturated rings. The first-order valence-corrected chi connectivity index (χ1v) is 10.3. The summed E-state index contributed by atoms with van der Waals surface area (Å²) in [5.41, 5.74) is 1.97. The number of anilines is 1. The summed E-state index contributed by atoms with van der Waals surface area (Å²) in [6, 6.07) is 9.84. The summed E-state index contributed by atoms with van der Waals surface area (Å²) in [6.07, 6.45) is 3.27. The van der Waals surface area contributed by atoms with E-state index in [0.29, 0.717) is 48.6 Å². The third-order valence-electron chi connectivity index (χ3n) is 5.48. The van der Waals surface area contributed by atoms with Crippen LogP contribution in [0.3, 0.4) is 0 Å². The molecule has 1 aliphatic heterocycles. The molecule has 164 valence electrons. The minimum absolute atomic E-state index is 0.160. The van der Waals surface area contributed by atoms with E-state index in [1.807, 2.05) is 0 Å². The number of rotatable bonds is 5. The first kappa shape index (κ1) is 20.3. The summed E-state index contributed by atoms with van der Waals surface area (Å²) in [6.45, 7) is 1.16. The number of benzene rings is 1. The standard InChI is InChI=1S/C22H20F2N6O2/c23-16-4-2-1-3-14(16)13-30-20(18-7-10-32-28-18)11-19(27-30)21-25-12-17(24)22(26-21)29-8-5-15(31)6-9-29/h1-4,7,10-12,15,31H,5-6,8-9,13H2. The summed E-state index contributed by atoms with van der Waals surface area (Å²) in [5.74, 6) is -0.464. The third-order valence-corrected chi connectivity index (χ3v) is 5.48. The molecule has 0 saturated carbocycles. The van der Waals surface area contributed by atoms with Crippen LogP contribution in [0.2, 0.25) is 0 Å². The fourth-order valence-electron chi connectivity index (χ4n) is 3.77. The van der Waals surface area contributed by atoms with Gasteiger partial charge in [-0.15, -0.1) is 0 Å². The van der Waals surface area contributed by atoms with E-state index in [4.69, 9.17) is 4.52 Å². The fourth-order valence-corrected chi connectivity index (χ4v) is 3.77. The number of hydrogen-bond donors (Lipinski definition) is 1. The van der Waals surface area contributed by atoms with E-state index in [-0.39, 0.29) is 30.1 Å². The zero-order chi connectivity index (χ0) is 22.1. The van der Waals surface area contributed by atoms with Crippen molar-refractivity contribution in [2.75, 3.05) is 18.0 Å². The summed E-state index contributed by atoms with van der Waals surface area (Å²) < 4.78 is 35.3. The van der Waals surface area contributed by atoms with Crippen molar-refractivity contribution in [3.8, 4) is 22.9 Å². The summed E-state index contributed by atoms with van der Waals surface area (Å²) in [4.78, 5) is 10.3. The number of aromatic nitrogens is 5. The minimum atomic E-state index is -0.535. The maximum absolute atomic E-state index is 14.5. The van der Waals surface area contributed by atoms with Gasteiger partial charge in [0.2, 0.25) is 0 Å². The van der Waals surface area contributed by atoms with Crippen molar-refractivity contribution < 1.29 is 18.4 Å². The molecule has 0 aliphatic carbocycles. The van der Waals surface area contributed by atoms with Gasteiger partial charge in [-0.25, -0.2) is 18.7 Å². The lowest BCUT2D eigenvalue weighted by Gasteiger charge is -2.30. The van der Waals surface area contributed by atoms with Crippen LogP contribution in [0.5, 0.6) is 0 Å². The second-order valence-corrected chi connectivity index (χ2v) is 7.63. The van der Waals surface area contributed by atoms with Gasteiger partial charge in [0.05, 0.1) is 24.5 Å². The van der Waals surface area contributed by atoms with Gasteiger partial charge in [-0.3, -0.25) is 4.68 Å². The molecule has 0 spiro atoms. The number of nitrogens with zero attached hydrogens (tertiary/aromatic N) is 6. The Morgan fingerprint density at radius 1 is 1.06 bits per heavy atom. The van der Waals surface area contributed by atoms with Crippen LogP contribution in [0.25, 0.3) is 22.9 Å². The number of hydrogen-bond acceptors (Lipinski definition) is 7. The number of aliphatic hydroxyl groups excluding tert-OH is 1. The van der Waals surface area contributed by atoms with Crippen LogP contribution in [0.15, 0.2) is 53.4 Å². The Kier molecular flexibility index (Phi) is 5.36. The zero-order valence-electron chi connectivity index (χ0n) is 17.0. The minimum Gasteiger partial charge on any atom is -0.393 e. The largest absolute Gasteiger partial charge is 0.393 e. The van der Waals surface area contributed by atoms with E-state index < -0.39 is 5.82 Å². The van der Waals surface area contributed by atoms with E-state index in [0.717, 1.165) is 6.20 Å². The Bertz CT molecular complexity index is 1220. The Morgan fingerprint density at radius 2 is 1.88 bits per heavy atom. The average Bonchev–Trinajstić information content (AvgIpc) is 3.46. The molecule has 10 heteroatoms. The molecule has 8 nitrogen and oxygen atoms in total. The lowest BCUT2D eigenvalue weighted by molar-refractivity contribution is 0.145. The van der Waals surface area contributed by atoms with Crippen LogP contribution in [-0.2, 0) is 6.54 Å². The number of piperidine rings is 1. The second kappa shape index (κ2) is 8.46. The lowest BCUT2D eigenvalue weighted by atomic mass is 10.1. The van der Waals surface area contributed by atoms with Gasteiger partial charge in [-0.2, -0.15) is 5.10 Å². The monoisotopic (exact) mass is 438 g/mol. The fraction of sp³-hybridized carbons (Fsp3) is 0.273. The van der Waals surface area contributed by atoms with Crippen LogP contribution < -0.4 is 4.90 Å². The Balaban J connectivity index is 1.53. The molecule has 1 N–H and O–H groups in total. The maximum Gasteiger partial charge on any atom is 0.183 e. The van der Waals surface area contributed by atoms with Crippen molar-refractivity contribution in [1.82, 2.24) is 24.9 Å². The van der Waals surface area contributed by atoms with E-state index in [2.05, 4.69) is 20.2 Å².